The zero-order valence-corrected chi connectivity index (χ0v) is 13.5. The minimum absolute atomic E-state index is 0.0172. The first-order valence-electron chi connectivity index (χ1n) is 7.99. The van der Waals surface area contributed by atoms with Crippen molar-refractivity contribution < 1.29 is 14.0 Å². The van der Waals surface area contributed by atoms with E-state index >= 15 is 0 Å². The maximum absolute atomic E-state index is 13.6. The molecule has 3 rings (SSSR count). The minimum Gasteiger partial charge on any atom is -0.343 e. The molecule has 126 valence electrons. The summed E-state index contributed by atoms with van der Waals surface area (Å²) in [6.45, 7) is 1.36. The Hall–Kier alpha value is -2.62. The Bertz CT molecular complexity index is 715. The largest absolute Gasteiger partial charge is 0.343 e. The highest BCUT2D eigenvalue weighted by atomic mass is 19.1. The molecule has 0 aliphatic carbocycles. The topological polar surface area (TPSA) is 76.4 Å². The Labute approximate surface area is 139 Å². The average molecular weight is 330 g/mol. The smallest absolute Gasteiger partial charge is 0.318 e. The predicted octanol–water partition coefficient (Wildman–Crippen LogP) is 1.46. The van der Waals surface area contributed by atoms with Crippen LogP contribution in [0.25, 0.3) is 0 Å². The SMILES string of the molecule is CN1C[C@@H]2[C@@H](CCCN2C(=O)NCc2ccc(C#N)c(F)c2)C1=O. The lowest BCUT2D eigenvalue weighted by molar-refractivity contribution is -0.130. The third kappa shape index (κ3) is 2.92. The van der Waals surface area contributed by atoms with Crippen molar-refractivity contribution in [2.45, 2.75) is 25.4 Å². The van der Waals surface area contributed by atoms with Gasteiger partial charge >= 0.3 is 6.03 Å². The van der Waals surface area contributed by atoms with Crippen LogP contribution in [0.3, 0.4) is 0 Å². The molecule has 6 nitrogen and oxygen atoms in total. The zero-order valence-electron chi connectivity index (χ0n) is 13.5. The van der Waals surface area contributed by atoms with E-state index in [1.807, 2.05) is 0 Å². The highest BCUT2D eigenvalue weighted by Crippen LogP contribution is 2.30. The normalized spacial score (nSPS) is 23.0. The van der Waals surface area contributed by atoms with Crippen LogP contribution in [0.2, 0.25) is 0 Å². The maximum atomic E-state index is 13.6. The van der Waals surface area contributed by atoms with Crippen LogP contribution in [0, 0.1) is 23.1 Å². The Morgan fingerprint density at radius 2 is 2.29 bits per heavy atom. The second kappa shape index (κ2) is 6.48. The first kappa shape index (κ1) is 16.2. The number of urea groups is 1. The molecular weight excluding hydrogens is 311 g/mol. The quantitative estimate of drug-likeness (QED) is 0.892. The zero-order chi connectivity index (χ0) is 17.3. The number of nitriles is 1. The number of nitrogens with zero attached hydrogens (tertiary/aromatic N) is 3. The molecule has 3 amide bonds. The third-order valence-electron chi connectivity index (χ3n) is 4.79. The molecule has 2 heterocycles. The second-order valence-electron chi connectivity index (χ2n) is 6.31. The van der Waals surface area contributed by atoms with Crippen molar-refractivity contribution in [2.75, 3.05) is 20.1 Å². The third-order valence-corrected chi connectivity index (χ3v) is 4.79. The number of halogens is 1. The van der Waals surface area contributed by atoms with Crippen LogP contribution in [0.1, 0.15) is 24.0 Å². The molecule has 0 radical (unpaired) electrons. The van der Waals surface area contributed by atoms with Crippen LogP contribution in [0.5, 0.6) is 0 Å². The lowest BCUT2D eigenvalue weighted by Crippen LogP contribution is -2.52. The number of nitrogens with one attached hydrogen (secondary N) is 1. The summed E-state index contributed by atoms with van der Waals surface area (Å²) in [6.07, 6.45) is 1.62. The van der Waals surface area contributed by atoms with Gasteiger partial charge in [0.15, 0.2) is 0 Å². The summed E-state index contributed by atoms with van der Waals surface area (Å²) in [5.74, 6) is -0.598. The van der Waals surface area contributed by atoms with Gasteiger partial charge in [-0.15, -0.1) is 0 Å². The van der Waals surface area contributed by atoms with Crippen molar-refractivity contribution in [1.29, 1.82) is 5.26 Å². The van der Waals surface area contributed by atoms with Crippen molar-refractivity contribution in [3.63, 3.8) is 0 Å². The molecule has 0 spiro atoms. The van der Waals surface area contributed by atoms with Gasteiger partial charge in [0.25, 0.3) is 0 Å². The number of benzene rings is 1. The molecule has 2 saturated heterocycles. The Balaban J connectivity index is 1.64. The monoisotopic (exact) mass is 330 g/mol. The summed E-state index contributed by atoms with van der Waals surface area (Å²) in [5.41, 5.74) is 0.574. The van der Waals surface area contributed by atoms with Gasteiger partial charge in [0.2, 0.25) is 5.91 Å². The molecular formula is C17H19FN4O2. The van der Waals surface area contributed by atoms with Crippen LogP contribution in [-0.2, 0) is 11.3 Å². The number of likely N-dealkylation sites (N-methyl/N-ethyl adjacent to an activating group) is 1. The molecule has 0 unspecified atom stereocenters. The van der Waals surface area contributed by atoms with Crippen LogP contribution in [0.4, 0.5) is 9.18 Å². The van der Waals surface area contributed by atoms with Gasteiger partial charge in [-0.1, -0.05) is 6.07 Å². The average Bonchev–Trinajstić information content (AvgIpc) is 2.87. The fourth-order valence-electron chi connectivity index (χ4n) is 3.52. The number of piperidine rings is 1. The van der Waals surface area contributed by atoms with Gasteiger partial charge in [-0.3, -0.25) is 4.79 Å². The van der Waals surface area contributed by atoms with E-state index in [9.17, 15) is 14.0 Å². The van der Waals surface area contributed by atoms with Crippen molar-refractivity contribution in [1.82, 2.24) is 15.1 Å². The van der Waals surface area contributed by atoms with Crippen LogP contribution >= 0.6 is 0 Å². The predicted molar refractivity (Wildman–Crippen MR) is 84.2 cm³/mol. The number of hydrogen-bond donors (Lipinski definition) is 1. The number of hydrogen-bond acceptors (Lipinski definition) is 3. The second-order valence-corrected chi connectivity index (χ2v) is 6.31. The lowest BCUT2D eigenvalue weighted by atomic mass is 9.92. The van der Waals surface area contributed by atoms with E-state index < -0.39 is 5.82 Å². The molecule has 1 aromatic carbocycles. The Kier molecular flexibility index (Phi) is 4.38. The van der Waals surface area contributed by atoms with Gasteiger partial charge in [0.05, 0.1) is 17.5 Å². The van der Waals surface area contributed by atoms with E-state index in [0.717, 1.165) is 12.8 Å². The lowest BCUT2D eigenvalue weighted by Gasteiger charge is -2.35. The molecule has 2 atom stereocenters. The van der Waals surface area contributed by atoms with Gasteiger partial charge in [-0.05, 0) is 30.5 Å². The van der Waals surface area contributed by atoms with Gasteiger partial charge in [0.1, 0.15) is 11.9 Å². The molecule has 1 N–H and O–H groups in total. The van der Waals surface area contributed by atoms with E-state index in [4.69, 9.17) is 5.26 Å². The van der Waals surface area contributed by atoms with Crippen molar-refractivity contribution in [3.8, 4) is 6.07 Å². The highest BCUT2D eigenvalue weighted by Gasteiger charge is 2.45. The van der Waals surface area contributed by atoms with E-state index in [-0.39, 0.29) is 36.0 Å². The first-order valence-corrected chi connectivity index (χ1v) is 7.99. The summed E-state index contributed by atoms with van der Waals surface area (Å²) in [5, 5.41) is 11.5. The van der Waals surface area contributed by atoms with Crippen molar-refractivity contribution >= 4 is 11.9 Å². The van der Waals surface area contributed by atoms with Crippen LogP contribution in [0.15, 0.2) is 18.2 Å². The Morgan fingerprint density at radius 3 is 3.00 bits per heavy atom. The van der Waals surface area contributed by atoms with E-state index in [2.05, 4.69) is 5.32 Å². The molecule has 0 saturated carbocycles. The summed E-state index contributed by atoms with van der Waals surface area (Å²) >= 11 is 0. The highest BCUT2D eigenvalue weighted by molar-refractivity contribution is 5.84. The summed E-state index contributed by atoms with van der Waals surface area (Å²) in [6, 6.07) is 5.71. The Morgan fingerprint density at radius 1 is 1.50 bits per heavy atom. The fraction of sp³-hybridized carbons (Fsp3) is 0.471. The molecule has 1 aromatic rings. The van der Waals surface area contributed by atoms with E-state index in [1.54, 1.807) is 29.0 Å². The van der Waals surface area contributed by atoms with Gasteiger partial charge in [-0.2, -0.15) is 5.26 Å². The summed E-state index contributed by atoms with van der Waals surface area (Å²) < 4.78 is 13.6. The van der Waals surface area contributed by atoms with Crippen LogP contribution < -0.4 is 5.32 Å². The van der Waals surface area contributed by atoms with Crippen molar-refractivity contribution in [3.05, 3.63) is 35.1 Å². The van der Waals surface area contributed by atoms with Gasteiger partial charge in [-0.25, -0.2) is 9.18 Å². The number of rotatable bonds is 2. The van der Waals surface area contributed by atoms with E-state index in [1.165, 1.54) is 12.1 Å². The molecule has 0 aromatic heterocycles. The molecule has 2 aliphatic heterocycles. The summed E-state index contributed by atoms with van der Waals surface area (Å²) in [4.78, 5) is 28.0. The molecule has 2 aliphatic rings. The molecule has 2 fully saturated rings. The molecule has 0 bridgehead atoms. The standard InChI is InChI=1S/C17H19FN4O2/c1-21-10-15-13(16(21)23)3-2-6-22(15)17(24)20-9-11-4-5-12(8-19)14(18)7-11/h4-5,7,13,15H,2-3,6,9-10H2,1H3,(H,20,24)/t13-,15-/m1/s1. The number of carbonyl (C=O) groups excluding carboxylic acids is 2. The van der Waals surface area contributed by atoms with E-state index in [0.29, 0.717) is 18.7 Å². The van der Waals surface area contributed by atoms with Gasteiger partial charge < -0.3 is 15.1 Å². The first-order chi connectivity index (χ1) is 11.5. The summed E-state index contributed by atoms with van der Waals surface area (Å²) in [7, 11) is 1.76. The molecule has 24 heavy (non-hydrogen) atoms. The number of amides is 3. The number of fused-ring (bicyclic) bond motifs is 1. The fourth-order valence-corrected chi connectivity index (χ4v) is 3.52. The number of carbonyl (C=O) groups is 2. The van der Waals surface area contributed by atoms with Crippen LogP contribution in [-0.4, -0.2) is 47.9 Å². The van der Waals surface area contributed by atoms with Gasteiger partial charge in [0, 0.05) is 26.7 Å². The molecule has 7 heteroatoms. The minimum atomic E-state index is -0.592. The maximum Gasteiger partial charge on any atom is 0.318 e. The number of likely N-dealkylation sites (tertiary alicyclic amines) is 2. The van der Waals surface area contributed by atoms with Crippen molar-refractivity contribution in [2.24, 2.45) is 5.92 Å².